The Labute approximate surface area is 250 Å². The molecule has 2 N–H and O–H groups in total. The van der Waals surface area contributed by atoms with Gasteiger partial charge in [0.15, 0.2) is 0 Å². The molecular weight excluding hydrogens is 556 g/mol. The van der Waals surface area contributed by atoms with Gasteiger partial charge in [0, 0.05) is 33.5 Å². The quantitative estimate of drug-likeness (QED) is 0.204. The first-order valence-corrected chi connectivity index (χ1v) is 15.3. The molecule has 1 saturated carbocycles. The van der Waals surface area contributed by atoms with Crippen LogP contribution in [0, 0.1) is 12.8 Å². The van der Waals surface area contributed by atoms with Crippen LogP contribution in [0.2, 0.25) is 5.02 Å². The number of ether oxygens (including phenoxy) is 1. The number of aliphatic carboxylic acids is 1. The van der Waals surface area contributed by atoms with E-state index in [0.717, 1.165) is 63.6 Å². The molecule has 4 aromatic rings. The summed E-state index contributed by atoms with van der Waals surface area (Å²) in [5, 5.41) is 17.0. The van der Waals surface area contributed by atoms with Crippen LogP contribution in [0.15, 0.2) is 41.8 Å². The minimum atomic E-state index is -0.696. The minimum absolute atomic E-state index is 0.00240. The maximum Gasteiger partial charge on any atom is 0.306 e. The topological polar surface area (TPSA) is 87.6 Å². The number of carboxylic acids is 1. The fourth-order valence-electron chi connectivity index (χ4n) is 5.90. The van der Waals surface area contributed by atoms with Crippen molar-refractivity contribution in [3.8, 4) is 16.9 Å². The number of aromatic nitrogens is 2. The number of nitrogens with zero attached hydrogens (tertiary/aromatic N) is 3. The molecule has 7 nitrogen and oxygen atoms in total. The number of aryl methyl sites for hydroxylation is 1. The molecule has 0 radical (unpaired) electrons. The molecule has 1 aliphatic carbocycles. The second-order valence-electron chi connectivity index (χ2n) is 11.2. The smallest absolute Gasteiger partial charge is 0.306 e. The van der Waals surface area contributed by atoms with E-state index in [1.807, 2.05) is 25.1 Å². The van der Waals surface area contributed by atoms with Crippen LogP contribution in [0.25, 0.3) is 22.0 Å². The number of anilines is 1. The number of halogens is 1. The average molecular weight is 593 g/mol. The Hall–Kier alpha value is -3.20. The first-order valence-electron chi connectivity index (χ1n) is 14.0. The monoisotopic (exact) mass is 592 g/mol. The van der Waals surface area contributed by atoms with Gasteiger partial charge in [-0.3, -0.25) is 4.79 Å². The lowest BCUT2D eigenvalue weighted by Gasteiger charge is -2.28. The maximum atomic E-state index is 11.5. The van der Waals surface area contributed by atoms with Gasteiger partial charge in [-0.2, -0.15) is 0 Å². The molecular formula is C32H37ClN4O3S. The van der Waals surface area contributed by atoms with E-state index in [9.17, 15) is 9.90 Å². The van der Waals surface area contributed by atoms with E-state index in [1.54, 1.807) is 18.4 Å². The number of carboxylic acid groups (broad SMARTS) is 1. The molecule has 0 saturated heterocycles. The Morgan fingerprint density at radius 3 is 2.63 bits per heavy atom. The van der Waals surface area contributed by atoms with E-state index in [2.05, 4.69) is 54.8 Å². The van der Waals surface area contributed by atoms with Crippen LogP contribution in [-0.4, -0.2) is 47.1 Å². The lowest BCUT2D eigenvalue weighted by atomic mass is 9.78. The largest absolute Gasteiger partial charge is 0.496 e. The second kappa shape index (κ2) is 12.3. The number of hydrogen-bond donors (Lipinski definition) is 2. The lowest BCUT2D eigenvalue weighted by molar-refractivity contribution is -0.142. The highest BCUT2D eigenvalue weighted by Crippen LogP contribution is 2.43. The highest BCUT2D eigenvalue weighted by Gasteiger charge is 2.29. The Kier molecular flexibility index (Phi) is 8.82. The lowest BCUT2D eigenvalue weighted by Crippen LogP contribution is -2.20. The normalized spacial score (nSPS) is 18.0. The van der Waals surface area contributed by atoms with Gasteiger partial charge < -0.3 is 20.1 Å². The molecule has 2 aromatic heterocycles. The summed E-state index contributed by atoms with van der Waals surface area (Å²) in [6.45, 7) is 4.85. The van der Waals surface area contributed by atoms with E-state index >= 15 is 0 Å². The van der Waals surface area contributed by atoms with Crippen molar-refractivity contribution in [1.82, 2.24) is 14.9 Å². The molecule has 1 atom stereocenters. The highest BCUT2D eigenvalue weighted by atomic mass is 35.5. The molecule has 9 heteroatoms. The van der Waals surface area contributed by atoms with Gasteiger partial charge in [-0.15, -0.1) is 11.3 Å². The SMILES string of the molecule is COc1cc2nc(C)nc(N[C@H](C)c3cc(-c4c(Cl)cccc4CN(C)C)cs3)c2cc1[C@H]1CC[C@H](C(=O)O)CC1. The van der Waals surface area contributed by atoms with Crippen molar-refractivity contribution in [3.05, 3.63) is 68.6 Å². The summed E-state index contributed by atoms with van der Waals surface area (Å²) in [5.41, 5.74) is 5.31. The molecule has 0 spiro atoms. The molecule has 41 heavy (non-hydrogen) atoms. The van der Waals surface area contributed by atoms with Crippen molar-refractivity contribution in [2.75, 3.05) is 26.5 Å². The summed E-state index contributed by atoms with van der Waals surface area (Å²) in [7, 11) is 5.80. The van der Waals surface area contributed by atoms with Crippen LogP contribution in [-0.2, 0) is 11.3 Å². The average Bonchev–Trinajstić information content (AvgIpc) is 3.42. The Morgan fingerprint density at radius 2 is 1.95 bits per heavy atom. The molecule has 2 heterocycles. The van der Waals surface area contributed by atoms with Gasteiger partial charge in [0.25, 0.3) is 0 Å². The third-order valence-corrected chi connectivity index (χ3v) is 9.38. The van der Waals surface area contributed by atoms with Gasteiger partial charge in [0.1, 0.15) is 17.4 Å². The van der Waals surface area contributed by atoms with Crippen LogP contribution >= 0.6 is 22.9 Å². The van der Waals surface area contributed by atoms with Gasteiger partial charge in [-0.25, -0.2) is 9.97 Å². The van der Waals surface area contributed by atoms with Crippen molar-refractivity contribution in [3.63, 3.8) is 0 Å². The number of carbonyl (C=O) groups is 1. The van der Waals surface area contributed by atoms with E-state index in [0.29, 0.717) is 18.7 Å². The summed E-state index contributed by atoms with van der Waals surface area (Å²) in [6, 6.07) is 12.4. The number of thiophene rings is 1. The van der Waals surface area contributed by atoms with Crippen LogP contribution in [0.1, 0.15) is 66.4 Å². The molecule has 0 unspecified atom stereocenters. The molecule has 0 bridgehead atoms. The number of methoxy groups -OCH3 is 1. The zero-order valence-electron chi connectivity index (χ0n) is 24.2. The number of rotatable bonds is 9. The Morgan fingerprint density at radius 1 is 1.20 bits per heavy atom. The zero-order chi connectivity index (χ0) is 29.3. The molecule has 1 fully saturated rings. The Balaban J connectivity index is 1.45. The van der Waals surface area contributed by atoms with Crippen molar-refractivity contribution < 1.29 is 14.6 Å². The third-order valence-electron chi connectivity index (χ3n) is 7.95. The van der Waals surface area contributed by atoms with E-state index < -0.39 is 5.97 Å². The van der Waals surface area contributed by atoms with E-state index in [-0.39, 0.29) is 17.9 Å². The molecule has 0 aliphatic heterocycles. The number of fused-ring (bicyclic) bond motifs is 1. The summed E-state index contributed by atoms with van der Waals surface area (Å²) >= 11 is 8.40. The third kappa shape index (κ3) is 6.35. The first-order chi connectivity index (χ1) is 19.6. The standard InChI is InChI=1S/C32H37ClN4O3S/c1-18(29-13-23(17-41-29)30-22(16-37(3)4)7-6-8-26(30)33)34-31-25-14-24(20-9-11-21(12-10-20)32(38)39)28(40-5)15-27(25)35-19(2)36-31/h6-8,13-15,17-18,20-21H,9-12,16H2,1-5H3,(H,38,39)(H,34,35,36)/t18-,20-,21-/m1/s1. The van der Waals surface area contributed by atoms with Gasteiger partial charge in [-0.05, 0) is 99.8 Å². The van der Waals surface area contributed by atoms with Gasteiger partial charge in [-0.1, -0.05) is 23.7 Å². The van der Waals surface area contributed by atoms with Gasteiger partial charge in [0.05, 0.1) is 24.6 Å². The molecule has 216 valence electrons. The summed E-state index contributed by atoms with van der Waals surface area (Å²) in [5.74, 6) is 1.54. The summed E-state index contributed by atoms with van der Waals surface area (Å²) in [6.07, 6.45) is 2.99. The maximum absolute atomic E-state index is 11.5. The molecule has 0 amide bonds. The van der Waals surface area contributed by atoms with Crippen molar-refractivity contribution in [2.45, 2.75) is 58.0 Å². The zero-order valence-corrected chi connectivity index (χ0v) is 25.8. The van der Waals surface area contributed by atoms with Crippen LogP contribution in [0.4, 0.5) is 5.82 Å². The highest BCUT2D eigenvalue weighted by molar-refractivity contribution is 7.10. The molecule has 1 aliphatic rings. The van der Waals surface area contributed by atoms with Crippen molar-refractivity contribution >= 4 is 45.6 Å². The first kappa shape index (κ1) is 29.3. The fourth-order valence-corrected chi connectivity index (χ4v) is 7.11. The van der Waals surface area contributed by atoms with E-state index in [4.69, 9.17) is 26.3 Å². The predicted octanol–water partition coefficient (Wildman–Crippen LogP) is 7.92. The minimum Gasteiger partial charge on any atom is -0.496 e. The molecule has 2 aromatic carbocycles. The van der Waals surface area contributed by atoms with E-state index in [1.165, 1.54) is 10.4 Å². The van der Waals surface area contributed by atoms with Crippen LogP contribution in [0.5, 0.6) is 5.75 Å². The predicted molar refractivity (Wildman–Crippen MR) is 167 cm³/mol. The number of benzene rings is 2. The number of hydrogen-bond acceptors (Lipinski definition) is 7. The van der Waals surface area contributed by atoms with Crippen LogP contribution in [0.3, 0.4) is 0 Å². The number of nitrogens with one attached hydrogen (secondary N) is 1. The van der Waals surface area contributed by atoms with Crippen LogP contribution < -0.4 is 10.1 Å². The molecule has 5 rings (SSSR count). The van der Waals surface area contributed by atoms with Gasteiger partial charge >= 0.3 is 5.97 Å². The summed E-state index contributed by atoms with van der Waals surface area (Å²) in [4.78, 5) is 24.3. The second-order valence-corrected chi connectivity index (χ2v) is 12.6. The fraction of sp³-hybridized carbons (Fsp3) is 0.406. The summed E-state index contributed by atoms with van der Waals surface area (Å²) < 4.78 is 5.79. The van der Waals surface area contributed by atoms with Crippen molar-refractivity contribution in [2.24, 2.45) is 5.92 Å². The van der Waals surface area contributed by atoms with Crippen molar-refractivity contribution in [1.29, 1.82) is 0 Å². The van der Waals surface area contributed by atoms with Gasteiger partial charge in [0.2, 0.25) is 0 Å². The Bertz CT molecular complexity index is 1560.